The van der Waals surface area contributed by atoms with Crippen LogP contribution in [-0.2, 0) is 15.8 Å². The Bertz CT molecular complexity index is 744. The smallest absolute Gasteiger partial charge is 0.277 e. The van der Waals surface area contributed by atoms with E-state index >= 15 is 0 Å². The van der Waals surface area contributed by atoms with Crippen molar-refractivity contribution in [2.45, 2.75) is 19.6 Å². The second-order valence-electron chi connectivity index (χ2n) is 5.15. The van der Waals surface area contributed by atoms with Crippen LogP contribution in [0.15, 0.2) is 17.6 Å². The van der Waals surface area contributed by atoms with Gasteiger partial charge in [-0.2, -0.15) is 0 Å². The van der Waals surface area contributed by atoms with Crippen LogP contribution in [0.3, 0.4) is 0 Å². The summed E-state index contributed by atoms with van der Waals surface area (Å²) in [5.74, 6) is -2.75. The van der Waals surface area contributed by atoms with E-state index in [0.29, 0.717) is 23.5 Å². The first-order valence-electron chi connectivity index (χ1n) is 6.72. The third-order valence-electron chi connectivity index (χ3n) is 2.76. The average Bonchev–Trinajstić information content (AvgIpc) is 2.86. The summed E-state index contributed by atoms with van der Waals surface area (Å²) in [6.45, 7) is 2.28. The van der Waals surface area contributed by atoms with Crippen LogP contribution >= 0.6 is 28.3 Å². The molecule has 2 aromatic rings. The zero-order valence-electron chi connectivity index (χ0n) is 12.9. The van der Waals surface area contributed by atoms with Crippen LogP contribution in [0, 0.1) is 0 Å². The summed E-state index contributed by atoms with van der Waals surface area (Å²) in [6, 6.07) is 0. The molecule has 0 bridgehead atoms. The lowest BCUT2D eigenvalue weighted by Gasteiger charge is -2.14. The fourth-order valence-electron chi connectivity index (χ4n) is 1.81. The molecule has 2 aromatic heterocycles. The molecule has 2 rings (SSSR count). The highest BCUT2D eigenvalue weighted by atomic mass is 35.9. The third-order valence-corrected chi connectivity index (χ3v) is 3.79. The molecule has 23 heavy (non-hydrogen) atoms. The minimum absolute atomic E-state index is 0.197. The normalized spacial score (nSPS) is 13.8. The highest BCUT2D eigenvalue weighted by molar-refractivity contribution is 8.08. The fourth-order valence-corrected chi connectivity index (χ4v) is 2.58. The number of hydrogen-bond donors (Lipinski definition) is 0. The number of hydrogen-bond acceptors (Lipinski definition) is 6. The van der Waals surface area contributed by atoms with Crippen LogP contribution in [0.5, 0.6) is 0 Å². The van der Waals surface area contributed by atoms with Crippen LogP contribution in [0.25, 0.3) is 11.2 Å². The van der Waals surface area contributed by atoms with Crippen LogP contribution in [-0.4, -0.2) is 57.3 Å². The molecule has 8 nitrogen and oxygen atoms in total. The molecule has 0 saturated heterocycles. The molecule has 0 aliphatic heterocycles. The summed E-state index contributed by atoms with van der Waals surface area (Å²) in [5.41, 5.74) is 1.24. The van der Waals surface area contributed by atoms with E-state index in [2.05, 4.69) is 19.9 Å². The van der Waals surface area contributed by atoms with Crippen molar-refractivity contribution in [3.63, 3.8) is 0 Å². The SMILES string of the molecule is CC(Cn1cnc2c(N=CN(C)C)ncnc21)OCP(=O)(Cl)Cl. The van der Waals surface area contributed by atoms with Crippen molar-refractivity contribution < 1.29 is 9.30 Å². The van der Waals surface area contributed by atoms with Gasteiger partial charge in [0.2, 0.25) is 0 Å². The van der Waals surface area contributed by atoms with Crippen molar-refractivity contribution in [3.8, 4) is 0 Å². The molecule has 1 atom stereocenters. The number of fused-ring (bicyclic) bond motifs is 1. The molecule has 0 aromatic carbocycles. The van der Waals surface area contributed by atoms with Gasteiger partial charge in [0, 0.05) is 14.1 Å². The third kappa shape index (κ3) is 5.42. The fraction of sp³-hybridized carbons (Fsp3) is 0.500. The minimum Gasteiger partial charge on any atom is -0.369 e. The Labute approximate surface area is 143 Å². The molecule has 0 spiro atoms. The second kappa shape index (κ2) is 7.57. The Kier molecular flexibility index (Phi) is 5.97. The Balaban J connectivity index is 2.16. The van der Waals surface area contributed by atoms with Gasteiger partial charge in [0.15, 0.2) is 17.0 Å². The quantitative estimate of drug-likeness (QED) is 0.418. The molecule has 0 fully saturated rings. The molecule has 0 saturated carbocycles. The predicted octanol–water partition coefficient (Wildman–Crippen LogP) is 3.08. The Morgan fingerprint density at radius 1 is 1.43 bits per heavy atom. The summed E-state index contributed by atoms with van der Waals surface area (Å²) >= 11 is 10.9. The zero-order valence-corrected chi connectivity index (χ0v) is 15.3. The second-order valence-corrected chi connectivity index (χ2v) is 10.3. The Morgan fingerprint density at radius 3 is 2.83 bits per heavy atom. The average molecular weight is 379 g/mol. The van der Waals surface area contributed by atoms with Gasteiger partial charge < -0.3 is 14.2 Å². The number of imidazole rings is 1. The number of nitrogens with zero attached hydrogens (tertiary/aromatic N) is 6. The molecule has 0 aliphatic carbocycles. The van der Waals surface area contributed by atoms with Gasteiger partial charge in [0.1, 0.15) is 12.7 Å². The molecule has 0 aliphatic rings. The van der Waals surface area contributed by atoms with Gasteiger partial charge in [-0.1, -0.05) is 0 Å². The van der Waals surface area contributed by atoms with Crippen molar-refractivity contribution in [2.75, 3.05) is 20.4 Å². The van der Waals surface area contributed by atoms with E-state index in [4.69, 9.17) is 27.2 Å². The number of aromatic nitrogens is 4. The van der Waals surface area contributed by atoms with Gasteiger partial charge in [-0.3, -0.25) is 4.57 Å². The van der Waals surface area contributed by atoms with Crippen LogP contribution in [0.2, 0.25) is 0 Å². The number of rotatable bonds is 7. The van der Waals surface area contributed by atoms with Crippen molar-refractivity contribution in [1.82, 2.24) is 24.4 Å². The molecule has 0 amide bonds. The largest absolute Gasteiger partial charge is 0.369 e. The monoisotopic (exact) mass is 378 g/mol. The molecular formula is C12H17Cl2N6O2P. The first-order chi connectivity index (χ1) is 10.8. The Hall–Kier alpha value is -1.21. The zero-order chi connectivity index (χ0) is 17.0. The molecule has 1 unspecified atom stereocenters. The molecule has 11 heteroatoms. The molecule has 0 radical (unpaired) electrons. The first-order valence-corrected chi connectivity index (χ1v) is 10.4. The summed E-state index contributed by atoms with van der Waals surface area (Å²) in [5, 5.41) is 0. The van der Waals surface area contributed by atoms with E-state index in [1.165, 1.54) is 6.33 Å². The van der Waals surface area contributed by atoms with Gasteiger partial charge in [0.25, 0.3) is 5.85 Å². The maximum absolute atomic E-state index is 11.3. The molecule has 2 heterocycles. The number of aliphatic imine (C=N–C) groups is 1. The van der Waals surface area contributed by atoms with Crippen LogP contribution in [0.1, 0.15) is 6.92 Å². The van der Waals surface area contributed by atoms with Gasteiger partial charge in [-0.15, -0.1) is 0 Å². The predicted molar refractivity (Wildman–Crippen MR) is 91.9 cm³/mol. The maximum Gasteiger partial charge on any atom is 0.277 e. The van der Waals surface area contributed by atoms with Gasteiger partial charge in [-0.25, -0.2) is 19.9 Å². The lowest BCUT2D eigenvalue weighted by atomic mass is 10.4. The van der Waals surface area contributed by atoms with Gasteiger partial charge in [0.05, 0.1) is 25.3 Å². The van der Waals surface area contributed by atoms with E-state index in [-0.39, 0.29) is 12.5 Å². The van der Waals surface area contributed by atoms with Gasteiger partial charge >= 0.3 is 0 Å². The highest BCUT2D eigenvalue weighted by Crippen LogP contribution is 2.56. The standard InChI is InChI=1S/C12H17Cl2N6O2P/c1-9(22-8-23(13,14)21)4-20-7-17-10-11(18-6-19(2)3)15-5-16-12(10)20/h5-7,9H,4,8H2,1-3H3. The van der Waals surface area contributed by atoms with Gasteiger partial charge in [-0.05, 0) is 29.4 Å². The first kappa shape index (κ1) is 18.1. The number of halogens is 2. The van der Waals surface area contributed by atoms with Crippen LogP contribution < -0.4 is 0 Å². The van der Waals surface area contributed by atoms with E-state index in [1.807, 2.05) is 25.6 Å². The molecule has 126 valence electrons. The van der Waals surface area contributed by atoms with Crippen molar-refractivity contribution >= 4 is 51.6 Å². The maximum atomic E-state index is 11.3. The van der Waals surface area contributed by atoms with Crippen molar-refractivity contribution in [1.29, 1.82) is 0 Å². The number of ether oxygens (including phenoxy) is 1. The van der Waals surface area contributed by atoms with E-state index < -0.39 is 5.85 Å². The van der Waals surface area contributed by atoms with E-state index in [0.717, 1.165) is 0 Å². The highest BCUT2D eigenvalue weighted by Gasteiger charge is 2.17. The topological polar surface area (TPSA) is 85.5 Å². The molecule has 0 N–H and O–H groups in total. The van der Waals surface area contributed by atoms with E-state index in [9.17, 15) is 4.57 Å². The molecular weight excluding hydrogens is 362 g/mol. The van der Waals surface area contributed by atoms with Crippen molar-refractivity contribution in [3.05, 3.63) is 12.7 Å². The minimum atomic E-state index is -3.24. The summed E-state index contributed by atoms with van der Waals surface area (Å²) in [7, 11) is 3.73. The van der Waals surface area contributed by atoms with Crippen molar-refractivity contribution in [2.24, 2.45) is 4.99 Å². The lowest BCUT2D eigenvalue weighted by Crippen LogP contribution is -2.16. The summed E-state index contributed by atoms with van der Waals surface area (Å²) < 4.78 is 18.4. The summed E-state index contributed by atoms with van der Waals surface area (Å²) in [6.07, 6.45) is 4.25. The summed E-state index contributed by atoms with van der Waals surface area (Å²) in [4.78, 5) is 18.7. The van der Waals surface area contributed by atoms with E-state index in [1.54, 1.807) is 17.6 Å². The Morgan fingerprint density at radius 2 is 2.17 bits per heavy atom. The lowest BCUT2D eigenvalue weighted by molar-refractivity contribution is 0.0884. The van der Waals surface area contributed by atoms with Crippen LogP contribution in [0.4, 0.5) is 5.82 Å².